The van der Waals surface area contributed by atoms with Gasteiger partial charge in [0, 0.05) is 36.7 Å². The monoisotopic (exact) mass is 447 g/mol. The van der Waals surface area contributed by atoms with Crippen molar-refractivity contribution in [1.82, 2.24) is 34.3 Å². The maximum Gasteiger partial charge on any atom is 0.262 e. The van der Waals surface area contributed by atoms with E-state index in [0.717, 1.165) is 34.8 Å². The number of hydrogen-bond acceptors (Lipinski definition) is 8. The van der Waals surface area contributed by atoms with Gasteiger partial charge >= 0.3 is 0 Å². The standard InChI is InChI=1S/C22H21N7O2S/c1-2-13-28-20(30)16-6-3-4-7-17(16)29-21(28)25-26-22(29)32-14-5-8-18-24-19(27-31-18)15-9-11-23-12-10-15/h3-4,6-7,9-12H,2,5,8,13-14H2,1H3. The molecule has 0 radical (unpaired) electrons. The average molecular weight is 448 g/mol. The van der Waals surface area contributed by atoms with Crippen molar-refractivity contribution in [3.05, 3.63) is 65.0 Å². The highest BCUT2D eigenvalue weighted by Gasteiger charge is 2.16. The second-order valence-electron chi connectivity index (χ2n) is 7.29. The molecule has 0 aliphatic carbocycles. The van der Waals surface area contributed by atoms with E-state index in [0.29, 0.717) is 35.8 Å². The van der Waals surface area contributed by atoms with E-state index < -0.39 is 0 Å². The SMILES string of the molecule is CCCn1c(=O)c2ccccc2n2c(SCCCc3nc(-c4ccncc4)no3)nnc12. The lowest BCUT2D eigenvalue weighted by molar-refractivity contribution is 0.378. The number of hydrogen-bond donors (Lipinski definition) is 0. The number of aryl methyl sites for hydroxylation is 2. The predicted molar refractivity (Wildman–Crippen MR) is 122 cm³/mol. The van der Waals surface area contributed by atoms with Crippen LogP contribution in [0.2, 0.25) is 0 Å². The topological polar surface area (TPSA) is 104 Å². The van der Waals surface area contributed by atoms with Crippen molar-refractivity contribution in [3.63, 3.8) is 0 Å². The van der Waals surface area contributed by atoms with Crippen LogP contribution in [-0.2, 0) is 13.0 Å². The number of pyridine rings is 1. The fourth-order valence-corrected chi connectivity index (χ4v) is 4.49. The van der Waals surface area contributed by atoms with Gasteiger partial charge in [-0.05, 0) is 37.1 Å². The third-order valence-corrected chi connectivity index (χ3v) is 6.11. The van der Waals surface area contributed by atoms with Gasteiger partial charge in [0.1, 0.15) is 0 Å². The molecule has 4 aromatic heterocycles. The zero-order valence-corrected chi connectivity index (χ0v) is 18.3. The molecule has 0 aliphatic rings. The van der Waals surface area contributed by atoms with Crippen LogP contribution in [0.1, 0.15) is 25.7 Å². The van der Waals surface area contributed by atoms with Crippen molar-refractivity contribution in [2.75, 3.05) is 5.75 Å². The van der Waals surface area contributed by atoms with Gasteiger partial charge in [-0.25, -0.2) is 0 Å². The summed E-state index contributed by atoms with van der Waals surface area (Å²) in [6.45, 7) is 2.65. The molecule has 10 heteroatoms. The van der Waals surface area contributed by atoms with Crippen LogP contribution >= 0.6 is 11.8 Å². The first kappa shape index (κ1) is 20.4. The summed E-state index contributed by atoms with van der Waals surface area (Å²) in [7, 11) is 0. The number of para-hydroxylation sites is 1. The lowest BCUT2D eigenvalue weighted by atomic mass is 10.2. The Morgan fingerprint density at radius 1 is 1.09 bits per heavy atom. The van der Waals surface area contributed by atoms with Gasteiger partial charge in [0.15, 0.2) is 5.16 Å². The molecule has 0 fully saturated rings. The number of benzene rings is 1. The Hall–Kier alpha value is -3.53. The van der Waals surface area contributed by atoms with Crippen LogP contribution in [0.15, 0.2) is 63.3 Å². The maximum atomic E-state index is 12.9. The van der Waals surface area contributed by atoms with E-state index in [1.807, 2.05) is 47.7 Å². The van der Waals surface area contributed by atoms with Gasteiger partial charge in [-0.3, -0.25) is 18.7 Å². The van der Waals surface area contributed by atoms with Crippen molar-refractivity contribution in [2.24, 2.45) is 0 Å². The molecular weight excluding hydrogens is 426 g/mol. The van der Waals surface area contributed by atoms with Crippen LogP contribution in [-0.4, -0.2) is 40.0 Å². The van der Waals surface area contributed by atoms with E-state index >= 15 is 0 Å². The van der Waals surface area contributed by atoms with Crippen LogP contribution in [0.3, 0.4) is 0 Å². The Labute approximate surface area is 187 Å². The quantitative estimate of drug-likeness (QED) is 0.262. The summed E-state index contributed by atoms with van der Waals surface area (Å²) in [6.07, 6.45) is 5.76. The molecule has 0 aliphatic heterocycles. The molecule has 0 unspecified atom stereocenters. The van der Waals surface area contributed by atoms with Gasteiger partial charge in [-0.15, -0.1) is 10.2 Å². The van der Waals surface area contributed by atoms with Crippen LogP contribution in [0.4, 0.5) is 0 Å². The molecular formula is C22H21N7O2S. The molecule has 162 valence electrons. The van der Waals surface area contributed by atoms with E-state index in [1.54, 1.807) is 28.7 Å². The van der Waals surface area contributed by atoms with Crippen molar-refractivity contribution in [1.29, 1.82) is 0 Å². The summed E-state index contributed by atoms with van der Waals surface area (Å²) in [5, 5.41) is 14.2. The molecule has 0 spiro atoms. The third kappa shape index (κ3) is 3.77. The minimum absolute atomic E-state index is 0.0275. The van der Waals surface area contributed by atoms with Crippen molar-refractivity contribution >= 4 is 28.4 Å². The van der Waals surface area contributed by atoms with E-state index in [2.05, 4.69) is 25.3 Å². The maximum absolute atomic E-state index is 12.9. The normalized spacial score (nSPS) is 11.5. The van der Waals surface area contributed by atoms with Gasteiger partial charge in [0.2, 0.25) is 17.5 Å². The Bertz CT molecular complexity index is 1430. The van der Waals surface area contributed by atoms with Gasteiger partial charge in [-0.1, -0.05) is 36.0 Å². The van der Waals surface area contributed by atoms with Crippen molar-refractivity contribution in [2.45, 2.75) is 37.9 Å². The Morgan fingerprint density at radius 2 is 1.94 bits per heavy atom. The molecule has 5 aromatic rings. The number of rotatable bonds is 8. The number of thioether (sulfide) groups is 1. The van der Waals surface area contributed by atoms with Crippen molar-refractivity contribution in [3.8, 4) is 11.4 Å². The molecule has 0 atom stereocenters. The highest BCUT2D eigenvalue weighted by Crippen LogP contribution is 2.23. The molecule has 0 amide bonds. The first-order valence-electron chi connectivity index (χ1n) is 10.5. The minimum atomic E-state index is -0.0275. The molecule has 0 saturated heterocycles. The molecule has 5 rings (SSSR count). The summed E-state index contributed by atoms with van der Waals surface area (Å²) in [5.74, 6) is 2.55. The fourth-order valence-electron chi connectivity index (χ4n) is 3.61. The summed E-state index contributed by atoms with van der Waals surface area (Å²) < 4.78 is 9.06. The van der Waals surface area contributed by atoms with Gasteiger partial charge in [0.25, 0.3) is 5.56 Å². The van der Waals surface area contributed by atoms with Crippen LogP contribution in [0.25, 0.3) is 28.1 Å². The first-order chi connectivity index (χ1) is 15.8. The molecule has 9 nitrogen and oxygen atoms in total. The fraction of sp³-hybridized carbons (Fsp3) is 0.273. The second-order valence-corrected chi connectivity index (χ2v) is 8.35. The van der Waals surface area contributed by atoms with Crippen LogP contribution < -0.4 is 5.56 Å². The van der Waals surface area contributed by atoms with E-state index in [4.69, 9.17) is 4.52 Å². The predicted octanol–water partition coefficient (Wildman–Crippen LogP) is 3.62. The average Bonchev–Trinajstić information content (AvgIpc) is 3.48. The molecule has 0 saturated carbocycles. The summed E-state index contributed by atoms with van der Waals surface area (Å²) >= 11 is 1.60. The number of aromatic nitrogens is 7. The van der Waals surface area contributed by atoms with E-state index in [-0.39, 0.29) is 5.56 Å². The van der Waals surface area contributed by atoms with Gasteiger partial charge in [0.05, 0.1) is 10.9 Å². The Morgan fingerprint density at radius 3 is 2.78 bits per heavy atom. The number of fused-ring (bicyclic) bond motifs is 3. The largest absolute Gasteiger partial charge is 0.339 e. The van der Waals surface area contributed by atoms with Crippen molar-refractivity contribution < 1.29 is 4.52 Å². The lowest BCUT2D eigenvalue weighted by Crippen LogP contribution is -2.23. The summed E-state index contributed by atoms with van der Waals surface area (Å²) in [4.78, 5) is 21.4. The molecule has 4 heterocycles. The first-order valence-corrected chi connectivity index (χ1v) is 11.5. The smallest absolute Gasteiger partial charge is 0.262 e. The van der Waals surface area contributed by atoms with Crippen LogP contribution in [0.5, 0.6) is 0 Å². The zero-order chi connectivity index (χ0) is 21.9. The zero-order valence-electron chi connectivity index (χ0n) is 17.5. The Balaban J connectivity index is 1.33. The molecule has 32 heavy (non-hydrogen) atoms. The summed E-state index contributed by atoms with van der Waals surface area (Å²) in [6, 6.07) is 11.3. The van der Waals surface area contributed by atoms with E-state index in [1.165, 1.54) is 0 Å². The summed E-state index contributed by atoms with van der Waals surface area (Å²) in [5.41, 5.74) is 1.68. The van der Waals surface area contributed by atoms with E-state index in [9.17, 15) is 4.79 Å². The third-order valence-electron chi connectivity index (χ3n) is 5.10. The van der Waals surface area contributed by atoms with Crippen LogP contribution in [0, 0.1) is 0 Å². The highest BCUT2D eigenvalue weighted by atomic mass is 32.2. The highest BCUT2D eigenvalue weighted by molar-refractivity contribution is 7.99. The molecule has 0 bridgehead atoms. The Kier molecular flexibility index (Phi) is 5.68. The lowest BCUT2D eigenvalue weighted by Gasteiger charge is -2.10. The minimum Gasteiger partial charge on any atom is -0.339 e. The second kappa shape index (κ2) is 8.91. The molecule has 0 N–H and O–H groups in total. The molecule has 1 aromatic carbocycles. The van der Waals surface area contributed by atoms with Gasteiger partial charge < -0.3 is 4.52 Å². The van der Waals surface area contributed by atoms with Gasteiger partial charge in [-0.2, -0.15) is 4.98 Å². The number of nitrogens with zero attached hydrogens (tertiary/aromatic N) is 7.